The van der Waals surface area contributed by atoms with E-state index in [1.165, 1.54) is 13.8 Å². The van der Waals surface area contributed by atoms with Gasteiger partial charge in [-0.2, -0.15) is 0 Å². The first kappa shape index (κ1) is 21.3. The molecule has 0 heterocycles. The Hall–Kier alpha value is -1.74. The van der Waals surface area contributed by atoms with Crippen LogP contribution in [0.25, 0.3) is 0 Å². The number of aliphatic hydroxyl groups is 4. The van der Waals surface area contributed by atoms with Gasteiger partial charge >= 0.3 is 11.9 Å². The molecule has 0 aliphatic rings. The summed E-state index contributed by atoms with van der Waals surface area (Å²) < 4.78 is 9.36. The summed E-state index contributed by atoms with van der Waals surface area (Å²) in [5.74, 6) is -4.48. The quantitative estimate of drug-likeness (QED) is 0.245. The minimum Gasteiger partial charge on any atom is -0.425 e. The molecule has 0 aliphatic heterocycles. The Morgan fingerprint density at radius 3 is 2.09 bits per heavy atom. The molecule has 4 N–H and O–H groups in total. The van der Waals surface area contributed by atoms with E-state index in [-0.39, 0.29) is 30.4 Å². The summed E-state index contributed by atoms with van der Waals surface area (Å²) >= 11 is 0. The zero-order valence-corrected chi connectivity index (χ0v) is 13.3. The van der Waals surface area contributed by atoms with Gasteiger partial charge in [0.05, 0.1) is 12.7 Å². The van der Waals surface area contributed by atoms with E-state index in [2.05, 4.69) is 17.9 Å². The Morgan fingerprint density at radius 2 is 1.65 bits per heavy atom. The van der Waals surface area contributed by atoms with Crippen LogP contribution in [0, 0.1) is 0 Å². The maximum Gasteiger partial charge on any atom is 0.335 e. The number of ether oxygens (including phenoxy) is 2. The summed E-state index contributed by atoms with van der Waals surface area (Å²) in [5.41, 5.74) is -0.0504. The Morgan fingerprint density at radius 1 is 1.13 bits per heavy atom. The Kier molecular flexibility index (Phi) is 8.70. The number of hydrogen-bond donors (Lipinski definition) is 4. The van der Waals surface area contributed by atoms with Gasteiger partial charge in [0.15, 0.2) is 0 Å². The van der Waals surface area contributed by atoms with Gasteiger partial charge in [-0.1, -0.05) is 13.2 Å². The minimum absolute atomic E-state index is 0.0201. The van der Waals surface area contributed by atoms with Gasteiger partial charge in [-0.05, 0) is 26.7 Å². The van der Waals surface area contributed by atoms with Crippen LogP contribution >= 0.6 is 0 Å². The maximum absolute atomic E-state index is 11.6. The summed E-state index contributed by atoms with van der Waals surface area (Å²) in [4.78, 5) is 23.0. The van der Waals surface area contributed by atoms with Crippen LogP contribution in [0.15, 0.2) is 24.3 Å². The average molecular weight is 332 g/mol. The summed E-state index contributed by atoms with van der Waals surface area (Å²) in [6.45, 7) is 8.87. The largest absolute Gasteiger partial charge is 0.425 e. The van der Waals surface area contributed by atoms with Crippen molar-refractivity contribution in [2.24, 2.45) is 0 Å². The first-order chi connectivity index (χ1) is 10.5. The first-order valence-corrected chi connectivity index (χ1v) is 6.98. The predicted molar refractivity (Wildman–Crippen MR) is 79.7 cm³/mol. The molecule has 0 amide bonds. The van der Waals surface area contributed by atoms with Gasteiger partial charge < -0.3 is 29.9 Å². The van der Waals surface area contributed by atoms with Gasteiger partial charge in [0.2, 0.25) is 0 Å². The third-order valence-corrected chi connectivity index (χ3v) is 2.85. The lowest BCUT2D eigenvalue weighted by atomic mass is 10.1. The minimum atomic E-state index is -2.52. The van der Waals surface area contributed by atoms with Crippen LogP contribution in [0.5, 0.6) is 0 Å². The summed E-state index contributed by atoms with van der Waals surface area (Å²) in [7, 11) is 0. The monoisotopic (exact) mass is 332 g/mol. The molecular weight excluding hydrogens is 308 g/mol. The fourth-order valence-electron chi connectivity index (χ4n) is 1.45. The third-order valence-electron chi connectivity index (χ3n) is 2.85. The van der Waals surface area contributed by atoms with E-state index in [4.69, 9.17) is 9.84 Å². The molecule has 0 fully saturated rings. The molecule has 3 atom stereocenters. The molecule has 0 aromatic rings. The van der Waals surface area contributed by atoms with Crippen LogP contribution in [-0.4, -0.2) is 57.2 Å². The molecule has 8 heteroatoms. The van der Waals surface area contributed by atoms with Crippen molar-refractivity contribution in [3.8, 4) is 0 Å². The lowest BCUT2D eigenvalue weighted by molar-refractivity contribution is -0.303. The van der Waals surface area contributed by atoms with Gasteiger partial charge in [0, 0.05) is 17.6 Å². The van der Waals surface area contributed by atoms with E-state index in [0.29, 0.717) is 0 Å². The molecule has 23 heavy (non-hydrogen) atoms. The summed E-state index contributed by atoms with van der Waals surface area (Å²) in [6.07, 6.45) is -3.37. The number of rotatable bonds is 10. The Balaban J connectivity index is 5.03. The van der Waals surface area contributed by atoms with Gasteiger partial charge in [-0.15, -0.1) is 0 Å². The molecule has 3 unspecified atom stereocenters. The average Bonchev–Trinajstić information content (AvgIpc) is 2.46. The highest BCUT2D eigenvalue weighted by Gasteiger charge is 2.42. The van der Waals surface area contributed by atoms with E-state index in [1.807, 2.05) is 0 Å². The van der Waals surface area contributed by atoms with Gasteiger partial charge in [-0.3, -0.25) is 0 Å². The van der Waals surface area contributed by atoms with Gasteiger partial charge in [0.25, 0.3) is 12.1 Å². The Bertz CT molecular complexity index is 458. The van der Waals surface area contributed by atoms with Crippen LogP contribution in [0.3, 0.4) is 0 Å². The van der Waals surface area contributed by atoms with Crippen molar-refractivity contribution in [3.63, 3.8) is 0 Å². The zero-order chi connectivity index (χ0) is 18.2. The molecule has 0 spiro atoms. The predicted octanol–water partition coefficient (Wildman–Crippen LogP) is -0.245. The lowest BCUT2D eigenvalue weighted by Crippen LogP contribution is -2.49. The number of esters is 2. The third kappa shape index (κ3) is 7.38. The molecule has 0 bridgehead atoms. The zero-order valence-electron chi connectivity index (χ0n) is 13.3. The van der Waals surface area contributed by atoms with E-state index in [9.17, 15) is 24.9 Å². The smallest absolute Gasteiger partial charge is 0.335 e. The van der Waals surface area contributed by atoms with Crippen molar-refractivity contribution in [1.29, 1.82) is 0 Å². The van der Waals surface area contributed by atoms with Gasteiger partial charge in [-0.25, -0.2) is 9.59 Å². The molecule has 0 saturated heterocycles. The topological polar surface area (TPSA) is 134 Å². The van der Waals surface area contributed by atoms with Crippen molar-refractivity contribution in [1.82, 2.24) is 0 Å². The van der Waals surface area contributed by atoms with Crippen molar-refractivity contribution in [3.05, 3.63) is 24.3 Å². The molecular formula is C15H24O8. The van der Waals surface area contributed by atoms with Crippen molar-refractivity contribution < 1.29 is 39.5 Å². The number of aliphatic hydroxyl groups excluding tert-OH is 3. The second-order valence-electron chi connectivity index (χ2n) is 5.28. The summed E-state index contributed by atoms with van der Waals surface area (Å²) in [5, 5.41) is 38.2. The first-order valence-electron chi connectivity index (χ1n) is 6.98. The SMILES string of the molecule is C=C(C)C(=O)OC(O)C(O)(CCCC(O)CO)OC(=O)C(=C)C. The highest BCUT2D eigenvalue weighted by molar-refractivity contribution is 5.88. The van der Waals surface area contributed by atoms with Crippen LogP contribution in [0.2, 0.25) is 0 Å². The lowest BCUT2D eigenvalue weighted by Gasteiger charge is -2.31. The number of carbonyl (C=O) groups excluding carboxylic acids is 2. The fraction of sp³-hybridized carbons (Fsp3) is 0.600. The number of carbonyl (C=O) groups is 2. The number of hydrogen-bond acceptors (Lipinski definition) is 8. The molecule has 0 aromatic carbocycles. The normalized spacial score (nSPS) is 15.9. The molecule has 8 nitrogen and oxygen atoms in total. The van der Waals surface area contributed by atoms with E-state index in [1.54, 1.807) is 0 Å². The molecule has 132 valence electrons. The van der Waals surface area contributed by atoms with Crippen LogP contribution in [-0.2, 0) is 19.1 Å². The van der Waals surface area contributed by atoms with Gasteiger partial charge in [0.1, 0.15) is 0 Å². The van der Waals surface area contributed by atoms with Crippen LogP contribution < -0.4 is 0 Å². The second kappa shape index (κ2) is 9.41. The fourth-order valence-corrected chi connectivity index (χ4v) is 1.45. The Labute approximate surface area is 134 Å². The highest BCUT2D eigenvalue weighted by Crippen LogP contribution is 2.24. The maximum atomic E-state index is 11.6. The second-order valence-corrected chi connectivity index (χ2v) is 5.28. The molecule has 0 rings (SSSR count). The van der Waals surface area contributed by atoms with Crippen molar-refractivity contribution in [2.75, 3.05) is 6.61 Å². The van der Waals surface area contributed by atoms with E-state index < -0.39 is 36.7 Å². The molecule has 0 saturated carbocycles. The van der Waals surface area contributed by atoms with E-state index in [0.717, 1.165) is 0 Å². The molecule has 0 aromatic heterocycles. The molecule has 0 aliphatic carbocycles. The van der Waals surface area contributed by atoms with Crippen LogP contribution in [0.4, 0.5) is 0 Å². The van der Waals surface area contributed by atoms with E-state index >= 15 is 0 Å². The van der Waals surface area contributed by atoms with Crippen LogP contribution in [0.1, 0.15) is 33.1 Å². The molecule has 0 radical (unpaired) electrons. The van der Waals surface area contributed by atoms with Crippen molar-refractivity contribution >= 4 is 11.9 Å². The summed E-state index contributed by atoms with van der Waals surface area (Å²) in [6, 6.07) is 0. The standard InChI is InChI=1S/C15H24O8/c1-9(2)12(18)22-14(20)15(21,23-13(19)10(3)4)7-5-6-11(17)8-16/h11,14,16-17,20-21H,1,3,5-8H2,2,4H3. The van der Waals surface area contributed by atoms with Crippen molar-refractivity contribution in [2.45, 2.75) is 51.3 Å². The highest BCUT2D eigenvalue weighted by atomic mass is 16.7.